The summed E-state index contributed by atoms with van der Waals surface area (Å²) in [5, 5.41) is 0. The molecule has 0 radical (unpaired) electrons. The summed E-state index contributed by atoms with van der Waals surface area (Å²) in [5.74, 6) is 0. The molecule has 0 saturated heterocycles. The topological polar surface area (TPSA) is 21.7 Å². The van der Waals surface area contributed by atoms with Gasteiger partial charge >= 0.3 is 0 Å². The lowest BCUT2D eigenvalue weighted by molar-refractivity contribution is -0.271. The minimum atomic E-state index is -0.298. The van der Waals surface area contributed by atoms with Gasteiger partial charge in [-0.3, -0.25) is 4.90 Å². The third-order valence-corrected chi connectivity index (χ3v) is 3.50. The van der Waals surface area contributed by atoms with Crippen molar-refractivity contribution in [2.24, 2.45) is 10.8 Å². The van der Waals surface area contributed by atoms with Crippen LogP contribution < -0.4 is 0 Å². The Morgan fingerprint density at radius 3 is 1.17 bits per heavy atom. The lowest BCUT2D eigenvalue weighted by atomic mass is 9.90. The van der Waals surface area contributed by atoms with Gasteiger partial charge in [0.1, 0.15) is 0 Å². The maximum absolute atomic E-state index is 6.05. The quantitative estimate of drug-likeness (QED) is 0.702. The second-order valence-electron chi connectivity index (χ2n) is 7.56. The van der Waals surface area contributed by atoms with Crippen LogP contribution in [0.1, 0.15) is 55.4 Å². The summed E-state index contributed by atoms with van der Waals surface area (Å²) in [5.41, 5.74) is 0.227. The minimum Gasteiger partial charge on any atom is -0.336 e. The molecule has 0 fully saturated rings. The van der Waals surface area contributed by atoms with E-state index in [4.69, 9.17) is 9.47 Å². The van der Waals surface area contributed by atoms with Gasteiger partial charge in [-0.25, -0.2) is 0 Å². The Morgan fingerprint density at radius 1 is 0.722 bits per heavy atom. The molecule has 3 nitrogen and oxygen atoms in total. The summed E-state index contributed by atoms with van der Waals surface area (Å²) in [6, 6.07) is 0. The van der Waals surface area contributed by atoms with E-state index >= 15 is 0 Å². The monoisotopic (exact) mass is 259 g/mol. The molecule has 0 aromatic rings. The molecular formula is C15H33NO2. The molecule has 0 aliphatic rings. The first kappa shape index (κ1) is 17.9. The van der Waals surface area contributed by atoms with Gasteiger partial charge in [0.2, 0.25) is 6.41 Å². The fraction of sp³-hybridized carbons (Fsp3) is 1.00. The second kappa shape index (κ2) is 6.36. The maximum atomic E-state index is 6.05. The zero-order valence-corrected chi connectivity index (χ0v) is 14.0. The third-order valence-electron chi connectivity index (χ3n) is 3.50. The highest BCUT2D eigenvalue weighted by molar-refractivity contribution is 4.72. The average Bonchev–Trinajstić information content (AvgIpc) is 2.12. The van der Waals surface area contributed by atoms with Crippen LogP contribution in [-0.2, 0) is 9.47 Å². The number of ether oxygens (including phenoxy) is 2. The van der Waals surface area contributed by atoms with Gasteiger partial charge in [0.25, 0.3) is 0 Å². The predicted molar refractivity (Wildman–Crippen MR) is 77.5 cm³/mol. The van der Waals surface area contributed by atoms with Gasteiger partial charge in [-0.15, -0.1) is 0 Å². The summed E-state index contributed by atoms with van der Waals surface area (Å²) >= 11 is 0. The van der Waals surface area contributed by atoms with E-state index in [2.05, 4.69) is 55.4 Å². The Bertz CT molecular complexity index is 216. The van der Waals surface area contributed by atoms with Crippen molar-refractivity contribution in [3.05, 3.63) is 0 Å². The molecule has 0 rings (SSSR count). The molecule has 2 atom stereocenters. The molecule has 0 aliphatic heterocycles. The Labute approximate surface area is 114 Å². The van der Waals surface area contributed by atoms with Crippen LogP contribution in [-0.4, -0.2) is 37.6 Å². The van der Waals surface area contributed by atoms with Crippen LogP contribution >= 0.6 is 0 Å². The molecule has 3 heteroatoms. The SMILES string of the molecule is CC(OC(OC(C)C(C)(C)C)N(C)C)C(C)(C)C. The number of nitrogens with zero attached hydrogens (tertiary/aromatic N) is 1. The molecule has 0 aliphatic carbocycles. The first-order valence-corrected chi connectivity index (χ1v) is 6.83. The predicted octanol–water partition coefficient (Wildman–Crippen LogP) is 3.73. The van der Waals surface area contributed by atoms with Crippen LogP contribution in [0.15, 0.2) is 0 Å². The summed E-state index contributed by atoms with van der Waals surface area (Å²) in [7, 11) is 3.96. The smallest absolute Gasteiger partial charge is 0.218 e. The Kier molecular flexibility index (Phi) is 6.31. The molecule has 110 valence electrons. The molecule has 0 N–H and O–H groups in total. The standard InChI is InChI=1S/C15H33NO2/c1-11(14(3,4)5)17-13(16(9)10)18-12(2)15(6,7)8/h11-13H,1-10H3. The van der Waals surface area contributed by atoms with Gasteiger partial charge in [0.15, 0.2) is 0 Å². The lowest BCUT2D eigenvalue weighted by Gasteiger charge is -2.37. The van der Waals surface area contributed by atoms with Crippen LogP contribution in [0.3, 0.4) is 0 Å². The highest BCUT2D eigenvalue weighted by atomic mass is 16.7. The van der Waals surface area contributed by atoms with Crippen LogP contribution in [0.4, 0.5) is 0 Å². The van der Waals surface area contributed by atoms with E-state index < -0.39 is 0 Å². The third kappa shape index (κ3) is 6.17. The van der Waals surface area contributed by atoms with E-state index in [1.54, 1.807) is 0 Å². The molecule has 0 aromatic heterocycles. The molecule has 18 heavy (non-hydrogen) atoms. The highest BCUT2D eigenvalue weighted by Crippen LogP contribution is 2.27. The molecule has 0 bridgehead atoms. The van der Waals surface area contributed by atoms with Crippen molar-refractivity contribution in [3.63, 3.8) is 0 Å². The fourth-order valence-corrected chi connectivity index (χ4v) is 1.03. The molecule has 0 amide bonds. The molecule has 0 spiro atoms. The Morgan fingerprint density at radius 2 is 1.00 bits per heavy atom. The van der Waals surface area contributed by atoms with Gasteiger partial charge in [-0.2, -0.15) is 0 Å². The van der Waals surface area contributed by atoms with Crippen LogP contribution in [0.25, 0.3) is 0 Å². The van der Waals surface area contributed by atoms with Crippen molar-refractivity contribution in [1.82, 2.24) is 4.90 Å². The Balaban J connectivity index is 4.60. The summed E-state index contributed by atoms with van der Waals surface area (Å²) in [4.78, 5) is 1.98. The normalized spacial score (nSPS) is 18.8. The van der Waals surface area contributed by atoms with E-state index in [9.17, 15) is 0 Å². The van der Waals surface area contributed by atoms with Gasteiger partial charge in [0, 0.05) is 0 Å². The number of hydrogen-bond acceptors (Lipinski definition) is 3. The number of hydrogen-bond donors (Lipinski definition) is 0. The summed E-state index contributed by atoms with van der Waals surface area (Å²) in [6.45, 7) is 17.3. The highest BCUT2D eigenvalue weighted by Gasteiger charge is 2.29. The van der Waals surface area contributed by atoms with E-state index in [-0.39, 0.29) is 29.5 Å². The van der Waals surface area contributed by atoms with Crippen molar-refractivity contribution in [1.29, 1.82) is 0 Å². The lowest BCUT2D eigenvalue weighted by Crippen LogP contribution is -2.43. The second-order valence-corrected chi connectivity index (χ2v) is 7.56. The first-order valence-electron chi connectivity index (χ1n) is 6.83. The number of rotatable bonds is 5. The summed E-state index contributed by atoms with van der Waals surface area (Å²) < 4.78 is 12.1. The van der Waals surface area contributed by atoms with Crippen molar-refractivity contribution < 1.29 is 9.47 Å². The van der Waals surface area contributed by atoms with Crippen LogP contribution in [0.2, 0.25) is 0 Å². The zero-order chi connectivity index (χ0) is 14.7. The van der Waals surface area contributed by atoms with E-state index in [1.807, 2.05) is 19.0 Å². The summed E-state index contributed by atoms with van der Waals surface area (Å²) in [6.07, 6.45) is -0.0254. The fourth-order valence-electron chi connectivity index (χ4n) is 1.03. The molecule has 0 heterocycles. The molecule has 0 saturated carbocycles. The largest absolute Gasteiger partial charge is 0.336 e. The van der Waals surface area contributed by atoms with Crippen molar-refractivity contribution >= 4 is 0 Å². The molecular weight excluding hydrogens is 226 g/mol. The van der Waals surface area contributed by atoms with E-state index in [0.29, 0.717) is 0 Å². The van der Waals surface area contributed by atoms with E-state index in [1.165, 1.54) is 0 Å². The van der Waals surface area contributed by atoms with Gasteiger partial charge in [-0.05, 0) is 38.8 Å². The molecule has 2 unspecified atom stereocenters. The van der Waals surface area contributed by atoms with Crippen LogP contribution in [0.5, 0.6) is 0 Å². The first-order chi connectivity index (χ1) is 7.85. The van der Waals surface area contributed by atoms with Gasteiger partial charge in [0.05, 0.1) is 12.2 Å². The zero-order valence-electron chi connectivity index (χ0n) is 14.0. The van der Waals surface area contributed by atoms with Gasteiger partial charge in [-0.1, -0.05) is 41.5 Å². The minimum absolute atomic E-state index is 0.114. The maximum Gasteiger partial charge on any atom is 0.218 e. The van der Waals surface area contributed by atoms with Crippen molar-refractivity contribution in [2.75, 3.05) is 14.1 Å². The van der Waals surface area contributed by atoms with Gasteiger partial charge < -0.3 is 9.47 Å². The average molecular weight is 259 g/mol. The van der Waals surface area contributed by atoms with Crippen molar-refractivity contribution in [3.8, 4) is 0 Å². The van der Waals surface area contributed by atoms with Crippen molar-refractivity contribution in [2.45, 2.75) is 74.0 Å². The molecule has 0 aromatic carbocycles. The Hall–Kier alpha value is -0.120. The van der Waals surface area contributed by atoms with Crippen LogP contribution in [0, 0.1) is 10.8 Å². The van der Waals surface area contributed by atoms with E-state index in [0.717, 1.165) is 0 Å².